The van der Waals surface area contributed by atoms with Crippen LogP contribution in [0, 0.1) is 0 Å². The second kappa shape index (κ2) is 8.98. The third-order valence-electron chi connectivity index (χ3n) is 8.60. The van der Waals surface area contributed by atoms with Gasteiger partial charge in [0.05, 0.1) is 16.6 Å². The van der Waals surface area contributed by atoms with E-state index >= 15 is 0 Å². The molecule has 0 heterocycles. The second-order valence-electron chi connectivity index (χ2n) is 11.4. The lowest BCUT2D eigenvalue weighted by Gasteiger charge is -2.37. The molecule has 5 aromatic carbocycles. The topological polar surface area (TPSA) is 29.5 Å². The van der Waals surface area contributed by atoms with Crippen molar-refractivity contribution in [2.24, 2.45) is 0 Å². The average molecular weight is 496 g/mol. The normalized spacial score (nSPS) is 16.8. The largest absolute Gasteiger partial charge is 0.427 e. The highest BCUT2D eigenvalue weighted by Crippen LogP contribution is 2.57. The van der Waals surface area contributed by atoms with E-state index in [-0.39, 0.29) is 0 Å². The van der Waals surface area contributed by atoms with Crippen molar-refractivity contribution in [3.05, 3.63) is 138 Å². The van der Waals surface area contributed by atoms with E-state index < -0.39 is 16.6 Å². The Bertz CT molecular complexity index is 1610. The Morgan fingerprint density at radius 2 is 1.26 bits per heavy atom. The minimum Gasteiger partial charge on any atom is -0.427 e. The van der Waals surface area contributed by atoms with Crippen LogP contribution in [0.4, 0.5) is 0 Å². The van der Waals surface area contributed by atoms with Crippen LogP contribution in [-0.4, -0.2) is 23.8 Å². The Morgan fingerprint density at radius 1 is 0.632 bits per heavy atom. The molecule has 0 radical (unpaired) electrons. The van der Waals surface area contributed by atoms with Gasteiger partial charge in [0, 0.05) is 0 Å². The minimum atomic E-state index is -0.940. The summed E-state index contributed by atoms with van der Waals surface area (Å²) in [5.74, 6) is 0. The summed E-state index contributed by atoms with van der Waals surface area (Å²) in [6, 6.07) is 41.9. The van der Waals surface area contributed by atoms with Gasteiger partial charge >= 0.3 is 7.48 Å². The van der Waals surface area contributed by atoms with E-state index in [0.29, 0.717) is 7.48 Å². The van der Waals surface area contributed by atoms with Gasteiger partial charge in [0.15, 0.2) is 0 Å². The van der Waals surface area contributed by atoms with Gasteiger partial charge in [0.1, 0.15) is 0 Å². The van der Waals surface area contributed by atoms with Crippen molar-refractivity contribution in [3.8, 4) is 11.1 Å². The molecule has 0 aromatic heterocycles. The first-order chi connectivity index (χ1) is 18.2. The molecular formula is C35H33BO2. The van der Waals surface area contributed by atoms with Gasteiger partial charge in [-0.3, -0.25) is 0 Å². The highest BCUT2D eigenvalue weighted by molar-refractivity contribution is 6.47. The summed E-state index contributed by atoms with van der Waals surface area (Å²) in [7, 11) is 0.438. The van der Waals surface area contributed by atoms with Crippen molar-refractivity contribution in [1.29, 1.82) is 0 Å². The maximum absolute atomic E-state index is 10.5. The molecule has 1 unspecified atom stereocenters. The molecule has 0 saturated carbocycles. The van der Waals surface area contributed by atoms with E-state index in [1.165, 1.54) is 44.2 Å². The molecule has 5 aromatic rings. The molecule has 38 heavy (non-hydrogen) atoms. The van der Waals surface area contributed by atoms with Crippen LogP contribution in [0.2, 0.25) is 0 Å². The lowest BCUT2D eigenvalue weighted by molar-refractivity contribution is -0.0893. The summed E-state index contributed by atoms with van der Waals surface area (Å²) >= 11 is 0. The van der Waals surface area contributed by atoms with Crippen LogP contribution in [0.1, 0.15) is 49.9 Å². The summed E-state index contributed by atoms with van der Waals surface area (Å²) in [5, 5.41) is 13.0. The Labute approximate surface area is 226 Å². The van der Waals surface area contributed by atoms with Gasteiger partial charge in [-0.1, -0.05) is 121 Å². The first-order valence-electron chi connectivity index (χ1n) is 13.4. The van der Waals surface area contributed by atoms with Gasteiger partial charge in [-0.05, 0) is 71.8 Å². The third kappa shape index (κ3) is 3.73. The molecule has 0 bridgehead atoms. The quantitative estimate of drug-likeness (QED) is 0.259. The number of aliphatic hydroxyl groups is 1. The van der Waals surface area contributed by atoms with Crippen LogP contribution >= 0.6 is 0 Å². The number of benzene rings is 5. The van der Waals surface area contributed by atoms with E-state index in [1.807, 2.05) is 13.8 Å². The Balaban J connectivity index is 1.54. The molecule has 1 N–H and O–H groups in total. The average Bonchev–Trinajstić information content (AvgIpc) is 3.24. The fraction of sp³-hybridized carbons (Fsp3) is 0.200. The van der Waals surface area contributed by atoms with Crippen molar-refractivity contribution in [2.75, 3.05) is 0 Å². The molecule has 1 aliphatic carbocycles. The summed E-state index contributed by atoms with van der Waals surface area (Å²) in [4.78, 5) is 0. The molecule has 1 aliphatic rings. The molecule has 6 rings (SSSR count). The van der Waals surface area contributed by atoms with Crippen LogP contribution in [-0.2, 0) is 10.1 Å². The van der Waals surface area contributed by atoms with Crippen molar-refractivity contribution in [1.82, 2.24) is 0 Å². The zero-order valence-corrected chi connectivity index (χ0v) is 22.5. The van der Waals surface area contributed by atoms with Crippen molar-refractivity contribution in [2.45, 2.75) is 44.3 Å². The number of fused-ring (bicyclic) bond motifs is 5. The van der Waals surface area contributed by atoms with Crippen LogP contribution in [0.3, 0.4) is 0 Å². The second-order valence-corrected chi connectivity index (χ2v) is 11.4. The lowest BCUT2D eigenvalue weighted by Crippen LogP contribution is -2.49. The first-order valence-corrected chi connectivity index (χ1v) is 13.4. The Hall–Kier alpha value is -3.66. The monoisotopic (exact) mass is 496 g/mol. The van der Waals surface area contributed by atoms with Crippen LogP contribution in [0.15, 0.2) is 115 Å². The molecule has 0 amide bonds. The molecule has 2 nitrogen and oxygen atoms in total. The van der Waals surface area contributed by atoms with Crippen LogP contribution < -0.4 is 5.46 Å². The van der Waals surface area contributed by atoms with E-state index in [1.54, 1.807) is 13.8 Å². The number of hydrogen-bond acceptors (Lipinski definition) is 2. The fourth-order valence-corrected chi connectivity index (χ4v) is 5.82. The van der Waals surface area contributed by atoms with Crippen LogP contribution in [0.5, 0.6) is 0 Å². The fourth-order valence-electron chi connectivity index (χ4n) is 5.82. The van der Waals surface area contributed by atoms with Gasteiger partial charge in [-0.15, -0.1) is 0 Å². The van der Waals surface area contributed by atoms with E-state index in [2.05, 4.69) is 115 Å². The van der Waals surface area contributed by atoms with Crippen molar-refractivity contribution in [3.63, 3.8) is 0 Å². The highest BCUT2D eigenvalue weighted by atomic mass is 16.5. The molecule has 0 saturated heterocycles. The molecule has 0 spiro atoms. The molecular weight excluding hydrogens is 463 g/mol. The van der Waals surface area contributed by atoms with Crippen molar-refractivity contribution >= 4 is 23.7 Å². The summed E-state index contributed by atoms with van der Waals surface area (Å²) in [5.41, 5.74) is 6.78. The summed E-state index contributed by atoms with van der Waals surface area (Å²) in [6.07, 6.45) is 0. The molecule has 0 aliphatic heterocycles. The predicted molar refractivity (Wildman–Crippen MR) is 159 cm³/mol. The maximum atomic E-state index is 10.5. The minimum absolute atomic E-state index is 0.428. The summed E-state index contributed by atoms with van der Waals surface area (Å²) in [6.45, 7) is 7.45. The van der Waals surface area contributed by atoms with Crippen molar-refractivity contribution < 1.29 is 9.76 Å². The third-order valence-corrected chi connectivity index (χ3v) is 8.60. The molecule has 1 atom stereocenters. The van der Waals surface area contributed by atoms with Gasteiger partial charge in [0.2, 0.25) is 0 Å². The standard InChI is InChI=1S/C35H33BO2/c1-33(2,37)34(3,4)38-36-27-21-19-26(20-22-27)35(25-13-6-5-7-14-25)30-17-11-10-16-29(30)32-28-15-9-8-12-24(28)18-23-31(32)35/h5-23,36-37H,1-4H3. The molecule has 0 fully saturated rings. The summed E-state index contributed by atoms with van der Waals surface area (Å²) < 4.78 is 6.17. The number of rotatable bonds is 6. The Morgan fingerprint density at radius 3 is 2.00 bits per heavy atom. The number of hydrogen-bond donors (Lipinski definition) is 1. The Kier molecular flexibility index (Phi) is 5.83. The lowest BCUT2D eigenvalue weighted by atomic mass is 9.67. The van der Waals surface area contributed by atoms with Gasteiger partial charge < -0.3 is 9.76 Å². The molecule has 3 heteroatoms. The highest BCUT2D eigenvalue weighted by Gasteiger charge is 2.46. The molecule has 188 valence electrons. The van der Waals surface area contributed by atoms with Gasteiger partial charge in [0.25, 0.3) is 0 Å². The van der Waals surface area contributed by atoms with Crippen LogP contribution in [0.25, 0.3) is 21.9 Å². The van der Waals surface area contributed by atoms with E-state index in [4.69, 9.17) is 4.65 Å². The first kappa shape index (κ1) is 24.7. The SMILES string of the molecule is CC(C)(O)C(C)(C)OBc1ccc(C2(c3ccccc3)c3ccccc3-c3c2ccc2ccccc32)cc1. The maximum Gasteiger partial charge on any atom is 0.309 e. The predicted octanol–water partition coefficient (Wildman–Crippen LogP) is 6.75. The zero-order valence-electron chi connectivity index (χ0n) is 22.5. The zero-order chi connectivity index (χ0) is 26.5. The van der Waals surface area contributed by atoms with E-state index in [9.17, 15) is 5.11 Å². The van der Waals surface area contributed by atoms with Gasteiger partial charge in [-0.2, -0.15) is 0 Å². The van der Waals surface area contributed by atoms with Gasteiger partial charge in [-0.25, -0.2) is 0 Å². The van der Waals surface area contributed by atoms with E-state index in [0.717, 1.165) is 5.46 Å². The smallest absolute Gasteiger partial charge is 0.309 e.